The summed E-state index contributed by atoms with van der Waals surface area (Å²) in [5.74, 6) is 0. The zero-order valence-corrected chi connectivity index (χ0v) is 10.6. The van der Waals surface area contributed by atoms with Crippen LogP contribution in [0.2, 0.25) is 0 Å². The van der Waals surface area contributed by atoms with Crippen LogP contribution in [0, 0.1) is 10.8 Å². The van der Waals surface area contributed by atoms with Crippen LogP contribution in [0.4, 0.5) is 0 Å². The number of hydrogen-bond donors (Lipinski definition) is 2. The SMILES string of the molecule is CC(C)(C)C1CNC(C(C)(C)C)CN1. The summed E-state index contributed by atoms with van der Waals surface area (Å²) in [6, 6.07) is 1.20. The quantitative estimate of drug-likeness (QED) is 0.622. The zero-order valence-electron chi connectivity index (χ0n) is 10.6. The van der Waals surface area contributed by atoms with Gasteiger partial charge in [0.1, 0.15) is 0 Å². The summed E-state index contributed by atoms with van der Waals surface area (Å²) in [6.07, 6.45) is 0. The molecular formula is C12H26N2. The van der Waals surface area contributed by atoms with Gasteiger partial charge in [0.2, 0.25) is 0 Å². The lowest BCUT2D eigenvalue weighted by molar-refractivity contribution is 0.161. The highest BCUT2D eigenvalue weighted by molar-refractivity contribution is 4.93. The second-order valence-corrected chi connectivity index (χ2v) is 6.65. The normalized spacial score (nSPS) is 30.4. The van der Waals surface area contributed by atoms with Gasteiger partial charge in [0.15, 0.2) is 0 Å². The average Bonchev–Trinajstić information content (AvgIpc) is 2.01. The third kappa shape index (κ3) is 2.96. The molecule has 2 N–H and O–H groups in total. The molecule has 1 aliphatic heterocycles. The molecule has 0 amide bonds. The minimum Gasteiger partial charge on any atom is -0.311 e. The first-order valence-electron chi connectivity index (χ1n) is 5.68. The summed E-state index contributed by atoms with van der Waals surface area (Å²) >= 11 is 0. The molecule has 0 radical (unpaired) electrons. The van der Waals surface area contributed by atoms with Crippen LogP contribution in [0.25, 0.3) is 0 Å². The first-order valence-corrected chi connectivity index (χ1v) is 5.68. The Bertz CT molecular complexity index is 155. The summed E-state index contributed by atoms with van der Waals surface area (Å²) in [4.78, 5) is 0. The second kappa shape index (κ2) is 3.82. The van der Waals surface area contributed by atoms with Gasteiger partial charge in [0, 0.05) is 25.2 Å². The van der Waals surface area contributed by atoms with E-state index in [2.05, 4.69) is 52.2 Å². The van der Waals surface area contributed by atoms with Crippen molar-refractivity contribution in [3.05, 3.63) is 0 Å². The summed E-state index contributed by atoms with van der Waals surface area (Å²) < 4.78 is 0. The summed E-state index contributed by atoms with van der Waals surface area (Å²) in [5.41, 5.74) is 0.714. The number of piperazine rings is 1. The van der Waals surface area contributed by atoms with E-state index in [0.29, 0.717) is 22.9 Å². The lowest BCUT2D eigenvalue weighted by Crippen LogP contribution is -2.61. The minimum absolute atomic E-state index is 0.357. The number of rotatable bonds is 0. The number of nitrogens with one attached hydrogen (secondary N) is 2. The fourth-order valence-electron chi connectivity index (χ4n) is 1.89. The van der Waals surface area contributed by atoms with Crippen molar-refractivity contribution >= 4 is 0 Å². The molecule has 0 aliphatic carbocycles. The maximum atomic E-state index is 3.65. The maximum Gasteiger partial charge on any atom is 0.0241 e. The lowest BCUT2D eigenvalue weighted by Gasteiger charge is -2.43. The molecule has 0 aromatic rings. The monoisotopic (exact) mass is 198 g/mol. The molecule has 84 valence electrons. The Hall–Kier alpha value is -0.0800. The number of hydrogen-bond acceptors (Lipinski definition) is 2. The van der Waals surface area contributed by atoms with Gasteiger partial charge in [0.25, 0.3) is 0 Å². The van der Waals surface area contributed by atoms with Crippen LogP contribution < -0.4 is 10.6 Å². The van der Waals surface area contributed by atoms with Crippen molar-refractivity contribution in [3.8, 4) is 0 Å². The molecule has 0 aromatic carbocycles. The molecule has 2 heteroatoms. The molecule has 14 heavy (non-hydrogen) atoms. The Balaban J connectivity index is 2.47. The van der Waals surface area contributed by atoms with Gasteiger partial charge < -0.3 is 10.6 Å². The van der Waals surface area contributed by atoms with E-state index in [1.54, 1.807) is 0 Å². The van der Waals surface area contributed by atoms with Gasteiger partial charge in [-0.2, -0.15) is 0 Å². The minimum atomic E-state index is 0.357. The van der Waals surface area contributed by atoms with Crippen LogP contribution in [0.3, 0.4) is 0 Å². The van der Waals surface area contributed by atoms with Crippen molar-refractivity contribution in [1.29, 1.82) is 0 Å². The van der Waals surface area contributed by atoms with Crippen molar-refractivity contribution in [2.45, 2.75) is 53.6 Å². The van der Waals surface area contributed by atoms with Gasteiger partial charge in [-0.25, -0.2) is 0 Å². The smallest absolute Gasteiger partial charge is 0.0241 e. The highest BCUT2D eigenvalue weighted by Gasteiger charge is 2.33. The van der Waals surface area contributed by atoms with Crippen molar-refractivity contribution in [2.24, 2.45) is 10.8 Å². The zero-order chi connectivity index (χ0) is 11.0. The van der Waals surface area contributed by atoms with Gasteiger partial charge in [-0.1, -0.05) is 41.5 Å². The van der Waals surface area contributed by atoms with E-state index in [1.165, 1.54) is 0 Å². The molecule has 1 aliphatic rings. The van der Waals surface area contributed by atoms with Crippen LogP contribution in [-0.4, -0.2) is 25.2 Å². The largest absolute Gasteiger partial charge is 0.311 e. The third-order valence-electron chi connectivity index (χ3n) is 3.23. The van der Waals surface area contributed by atoms with E-state index < -0.39 is 0 Å². The van der Waals surface area contributed by atoms with Crippen molar-refractivity contribution in [3.63, 3.8) is 0 Å². The summed E-state index contributed by atoms with van der Waals surface area (Å²) in [6.45, 7) is 15.9. The Labute approximate surface area is 88.8 Å². The average molecular weight is 198 g/mol. The van der Waals surface area contributed by atoms with Crippen molar-refractivity contribution in [2.75, 3.05) is 13.1 Å². The Morgan fingerprint density at radius 1 is 0.714 bits per heavy atom. The van der Waals surface area contributed by atoms with Crippen LogP contribution >= 0.6 is 0 Å². The molecule has 1 saturated heterocycles. The van der Waals surface area contributed by atoms with E-state index >= 15 is 0 Å². The molecular weight excluding hydrogens is 172 g/mol. The highest BCUT2D eigenvalue weighted by atomic mass is 15.1. The molecule has 0 spiro atoms. The topological polar surface area (TPSA) is 24.1 Å². The molecule has 2 nitrogen and oxygen atoms in total. The van der Waals surface area contributed by atoms with Crippen LogP contribution in [-0.2, 0) is 0 Å². The van der Waals surface area contributed by atoms with Gasteiger partial charge in [-0.3, -0.25) is 0 Å². The van der Waals surface area contributed by atoms with Gasteiger partial charge >= 0.3 is 0 Å². The van der Waals surface area contributed by atoms with E-state index in [-0.39, 0.29) is 0 Å². The maximum absolute atomic E-state index is 3.65. The molecule has 1 rings (SSSR count). The third-order valence-corrected chi connectivity index (χ3v) is 3.23. The summed E-state index contributed by atoms with van der Waals surface area (Å²) in [5, 5.41) is 7.31. The first-order chi connectivity index (χ1) is 6.21. The van der Waals surface area contributed by atoms with E-state index in [1.807, 2.05) is 0 Å². The highest BCUT2D eigenvalue weighted by Crippen LogP contribution is 2.25. The lowest BCUT2D eigenvalue weighted by atomic mass is 9.81. The van der Waals surface area contributed by atoms with Crippen LogP contribution in [0.1, 0.15) is 41.5 Å². The van der Waals surface area contributed by atoms with E-state index in [9.17, 15) is 0 Å². The Morgan fingerprint density at radius 3 is 1.14 bits per heavy atom. The van der Waals surface area contributed by atoms with Crippen LogP contribution in [0.15, 0.2) is 0 Å². The predicted octanol–water partition coefficient (Wildman–Crippen LogP) is 2.01. The molecule has 1 fully saturated rings. The van der Waals surface area contributed by atoms with E-state index in [4.69, 9.17) is 0 Å². The first kappa shape index (κ1) is 12.0. The molecule has 0 aromatic heterocycles. The van der Waals surface area contributed by atoms with Crippen LogP contribution in [0.5, 0.6) is 0 Å². The van der Waals surface area contributed by atoms with E-state index in [0.717, 1.165) is 13.1 Å². The summed E-state index contributed by atoms with van der Waals surface area (Å²) in [7, 11) is 0. The predicted molar refractivity (Wildman–Crippen MR) is 62.5 cm³/mol. The molecule has 2 atom stereocenters. The van der Waals surface area contributed by atoms with Gasteiger partial charge in [-0.15, -0.1) is 0 Å². The van der Waals surface area contributed by atoms with Crippen molar-refractivity contribution in [1.82, 2.24) is 10.6 Å². The molecule has 0 bridgehead atoms. The van der Waals surface area contributed by atoms with Crippen molar-refractivity contribution < 1.29 is 0 Å². The standard InChI is InChI=1S/C12H26N2/c1-11(2,3)9-7-14-10(8-13-9)12(4,5)6/h9-10,13-14H,7-8H2,1-6H3. The molecule has 0 saturated carbocycles. The second-order valence-electron chi connectivity index (χ2n) is 6.65. The molecule has 1 heterocycles. The Morgan fingerprint density at radius 2 is 1.00 bits per heavy atom. The fourth-order valence-corrected chi connectivity index (χ4v) is 1.89. The Kier molecular flexibility index (Phi) is 3.27. The fraction of sp³-hybridized carbons (Fsp3) is 1.00. The van der Waals surface area contributed by atoms with Gasteiger partial charge in [0.05, 0.1) is 0 Å². The molecule has 2 unspecified atom stereocenters. The van der Waals surface area contributed by atoms with Gasteiger partial charge in [-0.05, 0) is 10.8 Å².